The van der Waals surface area contributed by atoms with Gasteiger partial charge in [0.15, 0.2) is 6.23 Å². The first-order chi connectivity index (χ1) is 8.15. The summed E-state index contributed by atoms with van der Waals surface area (Å²) in [5.74, 6) is 0. The van der Waals surface area contributed by atoms with Gasteiger partial charge in [-0.05, 0) is 36.4 Å². The van der Waals surface area contributed by atoms with E-state index in [1.165, 1.54) is 0 Å². The summed E-state index contributed by atoms with van der Waals surface area (Å²) in [5, 5.41) is 12.9. The molecule has 0 radical (unpaired) electrons. The zero-order valence-corrected chi connectivity index (χ0v) is 9.30. The Labute approximate surface area is 99.9 Å². The second-order valence-corrected chi connectivity index (χ2v) is 3.84. The van der Waals surface area contributed by atoms with Gasteiger partial charge in [0, 0.05) is 22.6 Å². The number of hydrogen-bond donors (Lipinski definition) is 4. The lowest BCUT2D eigenvalue weighted by Crippen LogP contribution is -2.09. The van der Waals surface area contributed by atoms with Gasteiger partial charge in [-0.2, -0.15) is 0 Å². The van der Waals surface area contributed by atoms with Crippen molar-refractivity contribution in [2.75, 3.05) is 16.8 Å². The van der Waals surface area contributed by atoms with Crippen LogP contribution in [-0.4, -0.2) is 5.11 Å². The third kappa shape index (κ3) is 2.89. The van der Waals surface area contributed by atoms with Crippen molar-refractivity contribution in [3.63, 3.8) is 0 Å². The van der Waals surface area contributed by atoms with Crippen molar-refractivity contribution in [2.24, 2.45) is 0 Å². The van der Waals surface area contributed by atoms with Crippen LogP contribution in [0.4, 0.5) is 17.1 Å². The van der Waals surface area contributed by atoms with E-state index in [1.807, 2.05) is 12.1 Å². The van der Waals surface area contributed by atoms with E-state index in [4.69, 9.17) is 11.5 Å². The molecular formula is C13H15N3O. The lowest BCUT2D eigenvalue weighted by Gasteiger charge is -2.14. The highest BCUT2D eigenvalue weighted by Gasteiger charge is 2.06. The van der Waals surface area contributed by atoms with Crippen LogP contribution >= 0.6 is 0 Å². The molecule has 4 heteroatoms. The van der Waals surface area contributed by atoms with Crippen molar-refractivity contribution in [2.45, 2.75) is 6.23 Å². The molecule has 88 valence electrons. The van der Waals surface area contributed by atoms with Gasteiger partial charge in [-0.25, -0.2) is 0 Å². The summed E-state index contributed by atoms with van der Waals surface area (Å²) in [7, 11) is 0. The normalized spacial score (nSPS) is 12.1. The maximum atomic E-state index is 9.95. The number of benzene rings is 2. The molecule has 0 amide bonds. The number of nitrogens with two attached hydrogens (primary N) is 2. The summed E-state index contributed by atoms with van der Waals surface area (Å²) in [6, 6.07) is 14.3. The average Bonchev–Trinajstić information content (AvgIpc) is 2.33. The van der Waals surface area contributed by atoms with Crippen LogP contribution in [0.1, 0.15) is 11.8 Å². The van der Waals surface area contributed by atoms with Gasteiger partial charge >= 0.3 is 0 Å². The number of anilines is 3. The monoisotopic (exact) mass is 229 g/mol. The average molecular weight is 229 g/mol. The Hall–Kier alpha value is -2.20. The quantitative estimate of drug-likeness (QED) is 0.479. The minimum atomic E-state index is -0.765. The van der Waals surface area contributed by atoms with Gasteiger partial charge in [0.05, 0.1) is 0 Å². The van der Waals surface area contributed by atoms with Crippen molar-refractivity contribution >= 4 is 17.1 Å². The number of hydrogen-bond acceptors (Lipinski definition) is 4. The lowest BCUT2D eigenvalue weighted by molar-refractivity contribution is 0.208. The Balaban J connectivity index is 2.08. The molecule has 0 heterocycles. The number of nitrogens with one attached hydrogen (secondary N) is 1. The minimum Gasteiger partial charge on any atom is -0.399 e. The number of rotatable bonds is 3. The molecule has 0 saturated heterocycles. The summed E-state index contributed by atoms with van der Waals surface area (Å²) in [6.07, 6.45) is -0.765. The molecule has 2 rings (SSSR count). The molecule has 0 aliphatic carbocycles. The van der Waals surface area contributed by atoms with Crippen LogP contribution in [0.15, 0.2) is 48.5 Å². The molecule has 0 aliphatic rings. The molecule has 17 heavy (non-hydrogen) atoms. The van der Waals surface area contributed by atoms with Gasteiger partial charge in [0.1, 0.15) is 0 Å². The highest BCUT2D eigenvalue weighted by atomic mass is 16.3. The fraction of sp³-hybridized carbons (Fsp3) is 0.0769. The highest BCUT2D eigenvalue weighted by molar-refractivity contribution is 5.52. The van der Waals surface area contributed by atoms with Crippen molar-refractivity contribution < 1.29 is 5.11 Å². The molecule has 0 fully saturated rings. The SMILES string of the molecule is Nc1ccc(NC(O)c2ccc(N)cc2)cc1. The molecule has 1 atom stereocenters. The fourth-order valence-electron chi connectivity index (χ4n) is 1.50. The third-order valence-corrected chi connectivity index (χ3v) is 2.47. The summed E-state index contributed by atoms with van der Waals surface area (Å²) < 4.78 is 0. The highest BCUT2D eigenvalue weighted by Crippen LogP contribution is 2.19. The van der Waals surface area contributed by atoms with Crippen LogP contribution < -0.4 is 16.8 Å². The number of aliphatic hydroxyl groups excluding tert-OH is 1. The molecule has 0 saturated carbocycles. The van der Waals surface area contributed by atoms with E-state index in [1.54, 1.807) is 36.4 Å². The number of nitrogen functional groups attached to an aromatic ring is 2. The Kier molecular flexibility index (Phi) is 3.16. The topological polar surface area (TPSA) is 84.3 Å². The van der Waals surface area contributed by atoms with Crippen molar-refractivity contribution in [3.05, 3.63) is 54.1 Å². The standard InChI is InChI=1S/C13H15N3O/c14-10-3-1-9(2-4-10)13(17)16-12-7-5-11(15)6-8-12/h1-8,13,16-17H,14-15H2. The van der Waals surface area contributed by atoms with Crippen LogP contribution in [0.25, 0.3) is 0 Å². The van der Waals surface area contributed by atoms with Gasteiger partial charge in [-0.15, -0.1) is 0 Å². The third-order valence-electron chi connectivity index (χ3n) is 2.47. The molecule has 0 spiro atoms. The van der Waals surface area contributed by atoms with Crippen molar-refractivity contribution in [1.29, 1.82) is 0 Å². The van der Waals surface area contributed by atoms with E-state index in [9.17, 15) is 5.11 Å². The Bertz CT molecular complexity index is 479. The number of aliphatic hydroxyl groups is 1. The van der Waals surface area contributed by atoms with Gasteiger partial charge in [-0.3, -0.25) is 0 Å². The molecule has 0 aromatic heterocycles. The molecular weight excluding hydrogens is 214 g/mol. The minimum absolute atomic E-state index is 0.674. The summed E-state index contributed by atoms with van der Waals surface area (Å²) >= 11 is 0. The van der Waals surface area contributed by atoms with Crippen LogP contribution in [0.3, 0.4) is 0 Å². The van der Waals surface area contributed by atoms with E-state index in [0.717, 1.165) is 11.3 Å². The molecule has 1 unspecified atom stereocenters. The fourth-order valence-corrected chi connectivity index (χ4v) is 1.50. The maximum absolute atomic E-state index is 9.95. The zero-order chi connectivity index (χ0) is 12.3. The van der Waals surface area contributed by atoms with Gasteiger partial charge < -0.3 is 21.9 Å². The van der Waals surface area contributed by atoms with Gasteiger partial charge in [0.2, 0.25) is 0 Å². The largest absolute Gasteiger partial charge is 0.399 e. The van der Waals surface area contributed by atoms with E-state index in [2.05, 4.69) is 5.32 Å². The van der Waals surface area contributed by atoms with Crippen LogP contribution in [0.2, 0.25) is 0 Å². The Morgan fingerprint density at radius 2 is 1.29 bits per heavy atom. The second-order valence-electron chi connectivity index (χ2n) is 3.84. The van der Waals surface area contributed by atoms with E-state index in [-0.39, 0.29) is 0 Å². The smallest absolute Gasteiger partial charge is 0.150 e. The maximum Gasteiger partial charge on any atom is 0.150 e. The summed E-state index contributed by atoms with van der Waals surface area (Å²) in [4.78, 5) is 0. The Morgan fingerprint density at radius 3 is 1.82 bits per heavy atom. The first kappa shape index (κ1) is 11.3. The molecule has 0 bridgehead atoms. The molecule has 6 N–H and O–H groups in total. The van der Waals surface area contributed by atoms with E-state index >= 15 is 0 Å². The molecule has 2 aromatic carbocycles. The van der Waals surface area contributed by atoms with E-state index < -0.39 is 6.23 Å². The summed E-state index contributed by atoms with van der Waals surface area (Å²) in [6.45, 7) is 0. The Morgan fingerprint density at radius 1 is 0.824 bits per heavy atom. The zero-order valence-electron chi connectivity index (χ0n) is 9.30. The first-order valence-electron chi connectivity index (χ1n) is 5.31. The predicted molar refractivity (Wildman–Crippen MR) is 70.3 cm³/mol. The van der Waals surface area contributed by atoms with Crippen LogP contribution in [0, 0.1) is 0 Å². The van der Waals surface area contributed by atoms with Gasteiger partial charge in [-0.1, -0.05) is 12.1 Å². The summed E-state index contributed by atoms with van der Waals surface area (Å²) in [5.41, 5.74) is 14.1. The predicted octanol–water partition coefficient (Wildman–Crippen LogP) is 1.95. The lowest BCUT2D eigenvalue weighted by atomic mass is 10.1. The molecule has 2 aromatic rings. The van der Waals surface area contributed by atoms with Crippen molar-refractivity contribution in [1.82, 2.24) is 0 Å². The van der Waals surface area contributed by atoms with Crippen LogP contribution in [0.5, 0.6) is 0 Å². The second kappa shape index (κ2) is 4.76. The van der Waals surface area contributed by atoms with Crippen LogP contribution in [-0.2, 0) is 0 Å². The molecule has 4 nitrogen and oxygen atoms in total. The van der Waals surface area contributed by atoms with Crippen molar-refractivity contribution in [3.8, 4) is 0 Å². The molecule has 0 aliphatic heterocycles. The van der Waals surface area contributed by atoms with Gasteiger partial charge in [0.25, 0.3) is 0 Å². The first-order valence-corrected chi connectivity index (χ1v) is 5.31. The van der Waals surface area contributed by atoms with E-state index in [0.29, 0.717) is 11.4 Å².